The molecule has 0 aromatic carbocycles. The second-order valence-corrected chi connectivity index (χ2v) is 3.33. The minimum atomic E-state index is -0.875. The van der Waals surface area contributed by atoms with Gasteiger partial charge in [0.1, 0.15) is 0 Å². The number of ether oxygens (including phenoxy) is 1. The SMILES string of the molecule is CCCCCCOCC=C(C)C(=O)O. The van der Waals surface area contributed by atoms with E-state index in [1.807, 2.05) is 0 Å². The van der Waals surface area contributed by atoms with E-state index in [9.17, 15) is 4.79 Å². The summed E-state index contributed by atoms with van der Waals surface area (Å²) in [7, 11) is 0. The number of rotatable bonds is 8. The maximum Gasteiger partial charge on any atom is 0.331 e. The van der Waals surface area contributed by atoms with E-state index in [1.54, 1.807) is 13.0 Å². The Bertz CT molecular complexity index is 185. The summed E-state index contributed by atoms with van der Waals surface area (Å²) in [5, 5.41) is 8.53. The number of unbranched alkanes of at least 4 members (excludes halogenated alkanes) is 3. The molecule has 14 heavy (non-hydrogen) atoms. The van der Waals surface area contributed by atoms with Crippen molar-refractivity contribution in [1.29, 1.82) is 0 Å². The maximum absolute atomic E-state index is 10.4. The minimum Gasteiger partial charge on any atom is -0.478 e. The van der Waals surface area contributed by atoms with Crippen LogP contribution in [0.25, 0.3) is 0 Å². The van der Waals surface area contributed by atoms with E-state index in [0.29, 0.717) is 12.2 Å². The highest BCUT2D eigenvalue weighted by Gasteiger charge is 1.97. The first kappa shape index (κ1) is 13.2. The van der Waals surface area contributed by atoms with Gasteiger partial charge in [-0.25, -0.2) is 4.79 Å². The van der Waals surface area contributed by atoms with Crippen LogP contribution >= 0.6 is 0 Å². The van der Waals surface area contributed by atoms with Gasteiger partial charge in [-0.3, -0.25) is 0 Å². The van der Waals surface area contributed by atoms with Crippen molar-refractivity contribution in [3.8, 4) is 0 Å². The van der Waals surface area contributed by atoms with Gasteiger partial charge in [0.15, 0.2) is 0 Å². The summed E-state index contributed by atoms with van der Waals surface area (Å²) < 4.78 is 5.26. The molecule has 0 radical (unpaired) electrons. The summed E-state index contributed by atoms with van der Waals surface area (Å²) in [5.74, 6) is -0.875. The Balaban J connectivity index is 3.29. The molecule has 0 saturated heterocycles. The van der Waals surface area contributed by atoms with E-state index in [2.05, 4.69) is 6.92 Å². The molecule has 0 rings (SSSR count). The first-order valence-electron chi connectivity index (χ1n) is 5.16. The second kappa shape index (κ2) is 8.75. The van der Waals surface area contributed by atoms with E-state index >= 15 is 0 Å². The van der Waals surface area contributed by atoms with Crippen molar-refractivity contribution in [1.82, 2.24) is 0 Å². The van der Waals surface area contributed by atoms with Crippen molar-refractivity contribution in [3.63, 3.8) is 0 Å². The van der Waals surface area contributed by atoms with Gasteiger partial charge in [-0.05, 0) is 19.4 Å². The Kier molecular flexibility index (Phi) is 8.24. The standard InChI is InChI=1S/C11H20O3/c1-3-4-5-6-8-14-9-7-10(2)11(12)13/h7H,3-6,8-9H2,1-2H3,(H,12,13). The minimum absolute atomic E-state index is 0.346. The molecule has 0 fully saturated rings. The fourth-order valence-corrected chi connectivity index (χ4v) is 0.985. The summed E-state index contributed by atoms with van der Waals surface area (Å²) in [5.41, 5.74) is 0.346. The number of carboxylic acids is 1. The van der Waals surface area contributed by atoms with E-state index < -0.39 is 5.97 Å². The molecule has 0 unspecified atom stereocenters. The van der Waals surface area contributed by atoms with Crippen molar-refractivity contribution in [2.24, 2.45) is 0 Å². The van der Waals surface area contributed by atoms with Crippen LogP contribution in [0.1, 0.15) is 39.5 Å². The molecule has 1 N–H and O–H groups in total. The summed E-state index contributed by atoms with van der Waals surface area (Å²) in [6.07, 6.45) is 6.32. The molecule has 0 aliphatic rings. The maximum atomic E-state index is 10.4. The Morgan fingerprint density at radius 2 is 2.07 bits per heavy atom. The molecule has 0 aromatic heterocycles. The van der Waals surface area contributed by atoms with E-state index in [0.717, 1.165) is 13.0 Å². The number of hydrogen-bond acceptors (Lipinski definition) is 2. The van der Waals surface area contributed by atoms with E-state index in [4.69, 9.17) is 9.84 Å². The molecule has 3 nitrogen and oxygen atoms in total. The Hall–Kier alpha value is -0.830. The smallest absolute Gasteiger partial charge is 0.331 e. The third-order valence-corrected chi connectivity index (χ3v) is 1.99. The van der Waals surface area contributed by atoms with Crippen LogP contribution in [0.4, 0.5) is 0 Å². The van der Waals surface area contributed by atoms with Crippen LogP contribution in [-0.4, -0.2) is 24.3 Å². The topological polar surface area (TPSA) is 46.5 Å². The van der Waals surface area contributed by atoms with Gasteiger partial charge in [-0.15, -0.1) is 0 Å². The van der Waals surface area contributed by atoms with Gasteiger partial charge in [0, 0.05) is 12.2 Å². The molecule has 0 heterocycles. The van der Waals surface area contributed by atoms with Crippen LogP contribution in [0.15, 0.2) is 11.6 Å². The van der Waals surface area contributed by atoms with Crippen LogP contribution in [0.2, 0.25) is 0 Å². The van der Waals surface area contributed by atoms with Crippen molar-refractivity contribution >= 4 is 5.97 Å². The van der Waals surface area contributed by atoms with Gasteiger partial charge in [0.05, 0.1) is 6.61 Å². The molecule has 3 heteroatoms. The summed E-state index contributed by atoms with van der Waals surface area (Å²) in [6, 6.07) is 0. The Labute approximate surface area is 85.8 Å². The zero-order chi connectivity index (χ0) is 10.8. The molecule has 82 valence electrons. The zero-order valence-corrected chi connectivity index (χ0v) is 9.08. The van der Waals surface area contributed by atoms with Crippen molar-refractivity contribution in [2.75, 3.05) is 13.2 Å². The van der Waals surface area contributed by atoms with Crippen LogP contribution in [0.5, 0.6) is 0 Å². The van der Waals surface area contributed by atoms with Gasteiger partial charge in [-0.2, -0.15) is 0 Å². The molecule has 0 aromatic rings. The van der Waals surface area contributed by atoms with Crippen LogP contribution in [0, 0.1) is 0 Å². The Morgan fingerprint density at radius 3 is 2.64 bits per heavy atom. The molecule has 0 aliphatic carbocycles. The van der Waals surface area contributed by atoms with Crippen molar-refractivity contribution < 1.29 is 14.6 Å². The van der Waals surface area contributed by atoms with Gasteiger partial charge >= 0.3 is 5.97 Å². The lowest BCUT2D eigenvalue weighted by molar-refractivity contribution is -0.132. The third-order valence-electron chi connectivity index (χ3n) is 1.99. The van der Waals surface area contributed by atoms with Gasteiger partial charge < -0.3 is 9.84 Å². The normalized spacial score (nSPS) is 11.7. The van der Waals surface area contributed by atoms with Crippen molar-refractivity contribution in [2.45, 2.75) is 39.5 Å². The lowest BCUT2D eigenvalue weighted by Gasteiger charge is -2.00. The summed E-state index contributed by atoms with van der Waals surface area (Å²) in [6.45, 7) is 4.87. The van der Waals surface area contributed by atoms with Crippen molar-refractivity contribution in [3.05, 3.63) is 11.6 Å². The average molecular weight is 200 g/mol. The van der Waals surface area contributed by atoms with Crippen LogP contribution in [-0.2, 0) is 9.53 Å². The lowest BCUT2D eigenvalue weighted by atomic mass is 10.2. The monoisotopic (exact) mass is 200 g/mol. The Morgan fingerprint density at radius 1 is 1.36 bits per heavy atom. The predicted molar refractivity (Wildman–Crippen MR) is 56.4 cm³/mol. The number of aliphatic carboxylic acids is 1. The van der Waals surface area contributed by atoms with Gasteiger partial charge in [0.2, 0.25) is 0 Å². The molecule has 0 atom stereocenters. The predicted octanol–water partition coefficient (Wildman–Crippen LogP) is 2.61. The highest BCUT2D eigenvalue weighted by molar-refractivity contribution is 5.85. The highest BCUT2D eigenvalue weighted by atomic mass is 16.5. The quantitative estimate of drug-likeness (QED) is 0.484. The molecule has 0 saturated carbocycles. The zero-order valence-electron chi connectivity index (χ0n) is 9.08. The largest absolute Gasteiger partial charge is 0.478 e. The van der Waals surface area contributed by atoms with Crippen LogP contribution in [0.3, 0.4) is 0 Å². The molecule has 0 spiro atoms. The molecule has 0 aliphatic heterocycles. The molecular weight excluding hydrogens is 180 g/mol. The van der Waals surface area contributed by atoms with Gasteiger partial charge in [-0.1, -0.05) is 26.2 Å². The second-order valence-electron chi connectivity index (χ2n) is 3.33. The molecule has 0 amide bonds. The van der Waals surface area contributed by atoms with Crippen LogP contribution < -0.4 is 0 Å². The van der Waals surface area contributed by atoms with E-state index in [-0.39, 0.29) is 0 Å². The first-order valence-corrected chi connectivity index (χ1v) is 5.16. The molecule has 0 bridgehead atoms. The number of carboxylic acid groups (broad SMARTS) is 1. The van der Waals surface area contributed by atoms with Gasteiger partial charge in [0.25, 0.3) is 0 Å². The molecular formula is C11H20O3. The van der Waals surface area contributed by atoms with E-state index in [1.165, 1.54) is 19.3 Å². The lowest BCUT2D eigenvalue weighted by Crippen LogP contribution is -2.00. The fraction of sp³-hybridized carbons (Fsp3) is 0.727. The number of hydrogen-bond donors (Lipinski definition) is 1. The highest BCUT2D eigenvalue weighted by Crippen LogP contribution is 1.99. The number of carbonyl (C=O) groups is 1. The summed E-state index contributed by atoms with van der Waals surface area (Å²) >= 11 is 0. The third kappa shape index (κ3) is 7.80. The fourth-order valence-electron chi connectivity index (χ4n) is 0.985. The summed E-state index contributed by atoms with van der Waals surface area (Å²) in [4.78, 5) is 10.4. The average Bonchev–Trinajstić information content (AvgIpc) is 2.16. The first-order chi connectivity index (χ1) is 6.68.